The van der Waals surface area contributed by atoms with E-state index in [4.69, 9.17) is 0 Å². The normalized spacial score (nSPS) is 10.9. The smallest absolute Gasteiger partial charge is 0.275 e. The van der Waals surface area contributed by atoms with Gasteiger partial charge < -0.3 is 5.11 Å². The average molecular weight is 232 g/mol. The van der Waals surface area contributed by atoms with Crippen molar-refractivity contribution < 1.29 is 9.90 Å². The summed E-state index contributed by atoms with van der Waals surface area (Å²) in [6.45, 7) is 5.69. The van der Waals surface area contributed by atoms with Crippen molar-refractivity contribution in [2.75, 3.05) is 0 Å². The number of carbonyl (C=O) groups is 1. The Morgan fingerprint density at radius 2 is 1.94 bits per heavy atom. The SMILES string of the molecule is CC(C)=C/C(C)=N\NC(=O)c1ccccc1O. The quantitative estimate of drug-likeness (QED) is 0.621. The maximum absolute atomic E-state index is 11.7. The fourth-order valence-corrected chi connectivity index (χ4v) is 1.31. The molecule has 0 bridgehead atoms. The van der Waals surface area contributed by atoms with Gasteiger partial charge >= 0.3 is 0 Å². The van der Waals surface area contributed by atoms with E-state index in [2.05, 4.69) is 10.5 Å². The third kappa shape index (κ3) is 4.10. The van der Waals surface area contributed by atoms with Crippen molar-refractivity contribution in [3.8, 4) is 5.75 Å². The van der Waals surface area contributed by atoms with Crippen molar-refractivity contribution in [2.24, 2.45) is 5.10 Å². The highest BCUT2D eigenvalue weighted by Gasteiger charge is 2.08. The highest BCUT2D eigenvalue weighted by Crippen LogP contribution is 2.14. The van der Waals surface area contributed by atoms with Gasteiger partial charge in [-0.05, 0) is 39.0 Å². The molecule has 1 aromatic rings. The fraction of sp³-hybridized carbons (Fsp3) is 0.231. The van der Waals surface area contributed by atoms with E-state index in [1.54, 1.807) is 19.1 Å². The number of nitrogens with one attached hydrogen (secondary N) is 1. The molecule has 1 rings (SSSR count). The minimum Gasteiger partial charge on any atom is -0.507 e. The lowest BCUT2D eigenvalue weighted by Crippen LogP contribution is -2.18. The predicted octanol–water partition coefficient (Wildman–Crippen LogP) is 2.46. The Kier molecular flexibility index (Phi) is 4.46. The average Bonchev–Trinajstić information content (AvgIpc) is 2.25. The van der Waals surface area contributed by atoms with E-state index in [1.165, 1.54) is 12.1 Å². The first-order chi connectivity index (χ1) is 8.00. The summed E-state index contributed by atoms with van der Waals surface area (Å²) in [5, 5.41) is 13.4. The largest absolute Gasteiger partial charge is 0.507 e. The molecule has 4 nitrogen and oxygen atoms in total. The van der Waals surface area contributed by atoms with Gasteiger partial charge in [-0.3, -0.25) is 4.79 Å². The second-order valence-corrected chi connectivity index (χ2v) is 3.93. The van der Waals surface area contributed by atoms with Gasteiger partial charge in [0.1, 0.15) is 5.75 Å². The molecule has 0 atom stereocenters. The number of phenolic OH excluding ortho intramolecular Hbond substituents is 1. The molecule has 0 heterocycles. The molecular weight excluding hydrogens is 216 g/mol. The Bertz CT molecular complexity index is 472. The molecule has 0 fully saturated rings. The number of allylic oxidation sites excluding steroid dienone is 2. The highest BCUT2D eigenvalue weighted by molar-refractivity contribution is 5.99. The summed E-state index contributed by atoms with van der Waals surface area (Å²) in [4.78, 5) is 11.7. The van der Waals surface area contributed by atoms with Gasteiger partial charge in [0.2, 0.25) is 0 Å². The number of amides is 1. The van der Waals surface area contributed by atoms with Crippen LogP contribution in [-0.4, -0.2) is 16.7 Å². The molecule has 0 aliphatic heterocycles. The summed E-state index contributed by atoms with van der Waals surface area (Å²) in [6.07, 6.45) is 1.85. The lowest BCUT2D eigenvalue weighted by Gasteiger charge is -2.02. The molecule has 0 saturated carbocycles. The molecule has 4 heteroatoms. The highest BCUT2D eigenvalue weighted by atomic mass is 16.3. The van der Waals surface area contributed by atoms with E-state index in [1.807, 2.05) is 19.9 Å². The minimum absolute atomic E-state index is 0.0555. The van der Waals surface area contributed by atoms with E-state index in [0.29, 0.717) is 5.71 Å². The number of benzene rings is 1. The number of rotatable bonds is 3. The van der Waals surface area contributed by atoms with Gasteiger partial charge in [-0.1, -0.05) is 17.7 Å². The molecule has 90 valence electrons. The zero-order chi connectivity index (χ0) is 12.8. The van der Waals surface area contributed by atoms with Crippen molar-refractivity contribution in [2.45, 2.75) is 20.8 Å². The first-order valence-electron chi connectivity index (χ1n) is 5.28. The molecule has 1 amide bonds. The molecule has 0 aliphatic carbocycles. The molecule has 0 aliphatic rings. The zero-order valence-electron chi connectivity index (χ0n) is 10.2. The van der Waals surface area contributed by atoms with Gasteiger partial charge in [-0.25, -0.2) is 5.43 Å². The third-order valence-electron chi connectivity index (χ3n) is 1.98. The second kappa shape index (κ2) is 5.84. The van der Waals surface area contributed by atoms with Gasteiger partial charge in [0, 0.05) is 0 Å². The molecule has 1 aromatic carbocycles. The zero-order valence-corrected chi connectivity index (χ0v) is 10.2. The van der Waals surface area contributed by atoms with E-state index in [9.17, 15) is 9.90 Å². The number of hydrogen-bond acceptors (Lipinski definition) is 3. The number of phenols is 1. The Balaban J connectivity index is 2.75. The van der Waals surface area contributed by atoms with Crippen LogP contribution in [0.4, 0.5) is 0 Å². The summed E-state index contributed by atoms with van der Waals surface area (Å²) in [6, 6.07) is 6.34. The van der Waals surface area contributed by atoms with Crippen LogP contribution in [0.3, 0.4) is 0 Å². The lowest BCUT2D eigenvalue weighted by atomic mass is 10.2. The van der Waals surface area contributed by atoms with Crippen molar-refractivity contribution in [3.63, 3.8) is 0 Å². The van der Waals surface area contributed by atoms with Crippen LogP contribution in [0.5, 0.6) is 5.75 Å². The van der Waals surface area contributed by atoms with Gasteiger partial charge in [0.15, 0.2) is 0 Å². The fourth-order valence-electron chi connectivity index (χ4n) is 1.31. The number of hydrogen-bond donors (Lipinski definition) is 2. The topological polar surface area (TPSA) is 61.7 Å². The van der Waals surface area contributed by atoms with Crippen LogP contribution in [0, 0.1) is 0 Å². The van der Waals surface area contributed by atoms with Crippen LogP contribution in [0.1, 0.15) is 31.1 Å². The first kappa shape index (κ1) is 13.0. The van der Waals surface area contributed by atoms with Crippen molar-refractivity contribution in [3.05, 3.63) is 41.5 Å². The number of para-hydroxylation sites is 1. The summed E-state index contributed by atoms with van der Waals surface area (Å²) >= 11 is 0. The summed E-state index contributed by atoms with van der Waals surface area (Å²) < 4.78 is 0. The number of nitrogens with zero attached hydrogens (tertiary/aromatic N) is 1. The van der Waals surface area contributed by atoms with E-state index in [0.717, 1.165) is 5.57 Å². The van der Waals surface area contributed by atoms with Crippen LogP contribution in [0.15, 0.2) is 41.0 Å². The van der Waals surface area contributed by atoms with Crippen LogP contribution in [-0.2, 0) is 0 Å². The van der Waals surface area contributed by atoms with Crippen LogP contribution < -0.4 is 5.43 Å². The monoisotopic (exact) mass is 232 g/mol. The van der Waals surface area contributed by atoms with Gasteiger partial charge in [0.05, 0.1) is 11.3 Å². The van der Waals surface area contributed by atoms with Crippen LogP contribution in [0.25, 0.3) is 0 Å². The van der Waals surface area contributed by atoms with Gasteiger partial charge in [-0.2, -0.15) is 5.10 Å². The molecule has 0 aromatic heterocycles. The molecule has 0 unspecified atom stereocenters. The lowest BCUT2D eigenvalue weighted by molar-refractivity contribution is 0.0952. The summed E-state index contributed by atoms with van der Waals surface area (Å²) in [5.74, 6) is -0.482. The number of hydrazone groups is 1. The molecule has 0 saturated heterocycles. The van der Waals surface area contributed by atoms with Crippen molar-refractivity contribution in [1.29, 1.82) is 0 Å². The molecular formula is C13H16N2O2. The maximum atomic E-state index is 11.7. The summed E-state index contributed by atoms with van der Waals surface area (Å²) in [7, 11) is 0. The van der Waals surface area contributed by atoms with Crippen molar-refractivity contribution in [1.82, 2.24) is 5.43 Å². The second-order valence-electron chi connectivity index (χ2n) is 3.93. The van der Waals surface area contributed by atoms with E-state index in [-0.39, 0.29) is 11.3 Å². The van der Waals surface area contributed by atoms with Crippen molar-refractivity contribution >= 4 is 11.6 Å². The Morgan fingerprint density at radius 3 is 2.53 bits per heavy atom. The summed E-state index contributed by atoms with van der Waals surface area (Å²) in [5.41, 5.74) is 4.40. The van der Waals surface area contributed by atoms with Crippen LogP contribution in [0.2, 0.25) is 0 Å². The molecule has 17 heavy (non-hydrogen) atoms. The third-order valence-corrected chi connectivity index (χ3v) is 1.98. The van der Waals surface area contributed by atoms with Crippen LogP contribution >= 0.6 is 0 Å². The Hall–Kier alpha value is -2.10. The molecule has 0 radical (unpaired) electrons. The number of aromatic hydroxyl groups is 1. The maximum Gasteiger partial charge on any atom is 0.275 e. The van der Waals surface area contributed by atoms with E-state index >= 15 is 0 Å². The minimum atomic E-state index is -0.426. The standard InChI is InChI=1S/C13H16N2O2/c1-9(2)8-10(3)14-15-13(17)11-6-4-5-7-12(11)16/h4-8,16H,1-3H3,(H,15,17)/b14-10-. The predicted molar refractivity (Wildman–Crippen MR) is 68.1 cm³/mol. The Labute approximate surface area is 101 Å². The van der Waals surface area contributed by atoms with Gasteiger partial charge in [0.25, 0.3) is 5.91 Å². The Morgan fingerprint density at radius 1 is 1.29 bits per heavy atom. The molecule has 0 spiro atoms. The first-order valence-corrected chi connectivity index (χ1v) is 5.28. The van der Waals surface area contributed by atoms with E-state index < -0.39 is 5.91 Å². The molecule has 2 N–H and O–H groups in total. The number of carbonyl (C=O) groups excluding carboxylic acids is 1. The van der Waals surface area contributed by atoms with Gasteiger partial charge in [-0.15, -0.1) is 0 Å².